The lowest BCUT2D eigenvalue weighted by atomic mass is 10.1. The van der Waals surface area contributed by atoms with E-state index >= 15 is 0 Å². The Hall–Kier alpha value is -1.54. The highest BCUT2D eigenvalue weighted by molar-refractivity contribution is 8.16. The second-order valence-electron chi connectivity index (χ2n) is 6.41. The maximum Gasteiger partial charge on any atom is 0.250 e. The minimum atomic E-state index is -3.07. The Morgan fingerprint density at radius 1 is 1.44 bits per heavy atom. The molecule has 2 fully saturated rings. The van der Waals surface area contributed by atoms with Crippen molar-refractivity contribution in [1.29, 1.82) is 0 Å². The second-order valence-corrected chi connectivity index (χ2v) is 9.77. The van der Waals surface area contributed by atoms with Gasteiger partial charge in [-0.2, -0.15) is 4.99 Å². The second kappa shape index (κ2) is 6.99. The first kappa shape index (κ1) is 18.3. The fourth-order valence-corrected chi connectivity index (χ4v) is 6.93. The molecular weight excluding hydrogens is 360 g/mol. The Labute approximate surface area is 152 Å². The summed E-state index contributed by atoms with van der Waals surface area (Å²) in [6.07, 6.45) is 0.723. The molecule has 25 heavy (non-hydrogen) atoms. The Kier molecular flexibility index (Phi) is 5.11. The topological polar surface area (TPSA) is 76.0 Å². The minimum absolute atomic E-state index is 0.0818. The summed E-state index contributed by atoms with van der Waals surface area (Å²) in [5, 5.41) is 0.489. The van der Waals surface area contributed by atoms with E-state index in [2.05, 4.69) is 4.99 Å². The quantitative estimate of drug-likeness (QED) is 0.796. The third-order valence-electron chi connectivity index (χ3n) is 4.64. The van der Waals surface area contributed by atoms with E-state index in [1.165, 1.54) is 11.8 Å². The fourth-order valence-electron chi connectivity index (χ4n) is 3.01. The molecule has 2 heterocycles. The van der Waals surface area contributed by atoms with Crippen LogP contribution in [-0.2, 0) is 14.6 Å². The summed E-state index contributed by atoms with van der Waals surface area (Å²) in [6, 6.07) is 7.21. The number of aliphatic imine (C=N–C) groups is 1. The Morgan fingerprint density at radius 2 is 2.20 bits per heavy atom. The minimum Gasteiger partial charge on any atom is -0.497 e. The van der Waals surface area contributed by atoms with Crippen LogP contribution in [0.5, 0.6) is 5.75 Å². The van der Waals surface area contributed by atoms with Gasteiger partial charge in [-0.05, 0) is 18.6 Å². The van der Waals surface area contributed by atoms with Gasteiger partial charge in [-0.1, -0.05) is 31.7 Å². The van der Waals surface area contributed by atoms with Gasteiger partial charge in [-0.15, -0.1) is 0 Å². The summed E-state index contributed by atoms with van der Waals surface area (Å²) in [6.45, 7) is 3.80. The maximum absolute atomic E-state index is 12.3. The van der Waals surface area contributed by atoms with Gasteiger partial charge in [0.25, 0.3) is 5.91 Å². The van der Waals surface area contributed by atoms with Crippen LogP contribution in [0.3, 0.4) is 0 Å². The van der Waals surface area contributed by atoms with Crippen LogP contribution in [0.15, 0.2) is 29.3 Å². The van der Waals surface area contributed by atoms with Crippen LogP contribution in [0.1, 0.15) is 20.3 Å². The lowest BCUT2D eigenvalue weighted by Gasteiger charge is -2.25. The fraction of sp³-hybridized carbons (Fsp3) is 0.529. The number of carbonyl (C=O) groups excluding carboxylic acids is 1. The number of thioether (sulfide) groups is 1. The first-order valence-electron chi connectivity index (χ1n) is 8.27. The van der Waals surface area contributed by atoms with Crippen molar-refractivity contribution in [2.45, 2.75) is 31.6 Å². The van der Waals surface area contributed by atoms with Crippen LogP contribution in [0, 0.1) is 5.92 Å². The first-order valence-corrected chi connectivity index (χ1v) is 11.0. The number of nitrogens with zero attached hydrogens (tertiary/aromatic N) is 2. The number of anilines is 1. The van der Waals surface area contributed by atoms with Gasteiger partial charge in [-0.25, -0.2) is 8.42 Å². The van der Waals surface area contributed by atoms with Crippen molar-refractivity contribution in [2.24, 2.45) is 10.9 Å². The van der Waals surface area contributed by atoms with E-state index in [1.807, 2.05) is 43.0 Å². The van der Waals surface area contributed by atoms with Crippen molar-refractivity contribution in [2.75, 3.05) is 23.5 Å². The molecule has 6 nitrogen and oxygen atoms in total. The zero-order chi connectivity index (χ0) is 18.2. The first-order chi connectivity index (χ1) is 11.8. The van der Waals surface area contributed by atoms with Gasteiger partial charge in [0.2, 0.25) is 0 Å². The molecule has 0 aromatic heterocycles. The van der Waals surface area contributed by atoms with Gasteiger partial charge in [0, 0.05) is 22.9 Å². The summed E-state index contributed by atoms with van der Waals surface area (Å²) < 4.78 is 29.4. The Bertz CT molecular complexity index is 807. The zero-order valence-electron chi connectivity index (χ0n) is 14.5. The molecule has 136 valence electrons. The summed E-state index contributed by atoms with van der Waals surface area (Å²) in [5.41, 5.74) is 0.798. The van der Waals surface area contributed by atoms with E-state index in [1.54, 1.807) is 7.11 Å². The molecular formula is C17H22N2O4S2. The lowest BCUT2D eigenvalue weighted by molar-refractivity contribution is -0.121. The van der Waals surface area contributed by atoms with E-state index in [0.717, 1.165) is 12.1 Å². The summed E-state index contributed by atoms with van der Waals surface area (Å²) in [7, 11) is -1.48. The number of ether oxygens (including phenoxy) is 1. The number of hydrogen-bond acceptors (Lipinski definition) is 5. The molecule has 3 rings (SSSR count). The largest absolute Gasteiger partial charge is 0.497 e. The molecule has 0 unspecified atom stereocenters. The van der Waals surface area contributed by atoms with Crippen LogP contribution in [0.4, 0.5) is 5.69 Å². The molecule has 0 N–H and O–H groups in total. The maximum atomic E-state index is 12.3. The number of fused-ring (bicyclic) bond motifs is 1. The van der Waals surface area contributed by atoms with Crippen molar-refractivity contribution < 1.29 is 17.9 Å². The molecule has 2 saturated heterocycles. The van der Waals surface area contributed by atoms with E-state index in [4.69, 9.17) is 4.74 Å². The summed E-state index contributed by atoms with van der Waals surface area (Å²) in [5.74, 6) is 0.571. The summed E-state index contributed by atoms with van der Waals surface area (Å²) >= 11 is 1.39. The van der Waals surface area contributed by atoms with Crippen molar-refractivity contribution in [3.63, 3.8) is 0 Å². The molecule has 3 atom stereocenters. The number of rotatable bonds is 4. The third kappa shape index (κ3) is 3.69. The normalized spacial score (nSPS) is 27.3. The van der Waals surface area contributed by atoms with E-state index in [9.17, 15) is 13.2 Å². The molecule has 1 amide bonds. The van der Waals surface area contributed by atoms with Crippen molar-refractivity contribution in [3.05, 3.63) is 24.3 Å². The highest BCUT2D eigenvalue weighted by atomic mass is 32.2. The van der Waals surface area contributed by atoms with Crippen molar-refractivity contribution in [3.8, 4) is 5.75 Å². The third-order valence-corrected chi connectivity index (χ3v) is 7.85. The number of hydrogen-bond donors (Lipinski definition) is 0. The number of sulfone groups is 1. The Balaban J connectivity index is 2.00. The van der Waals surface area contributed by atoms with Crippen molar-refractivity contribution in [1.82, 2.24) is 0 Å². The summed E-state index contributed by atoms with van der Waals surface area (Å²) in [4.78, 5) is 18.5. The predicted octanol–water partition coefficient (Wildman–Crippen LogP) is 2.34. The molecule has 2 aliphatic rings. The molecule has 0 radical (unpaired) electrons. The van der Waals surface area contributed by atoms with Crippen molar-refractivity contribution >= 4 is 38.4 Å². The average Bonchev–Trinajstić information content (AvgIpc) is 3.04. The van der Waals surface area contributed by atoms with Gasteiger partial charge < -0.3 is 9.64 Å². The molecule has 0 saturated carbocycles. The van der Waals surface area contributed by atoms with Crippen LogP contribution >= 0.6 is 11.8 Å². The number of carbonyl (C=O) groups is 1. The molecule has 2 aliphatic heterocycles. The van der Waals surface area contributed by atoms with Crippen LogP contribution in [0.2, 0.25) is 0 Å². The SMILES string of the molecule is CC[C@H](C)C(=O)N=C1S[C@H]2CS(=O)(=O)C[C@H]2N1c1cccc(OC)c1. The molecule has 8 heteroatoms. The van der Waals surface area contributed by atoms with E-state index < -0.39 is 9.84 Å². The molecule has 0 spiro atoms. The van der Waals surface area contributed by atoms with Gasteiger partial charge in [0.15, 0.2) is 15.0 Å². The van der Waals surface area contributed by atoms with Gasteiger partial charge in [0.1, 0.15) is 5.75 Å². The van der Waals surface area contributed by atoms with Gasteiger partial charge in [-0.3, -0.25) is 4.79 Å². The highest BCUT2D eigenvalue weighted by Gasteiger charge is 2.49. The number of benzene rings is 1. The predicted molar refractivity (Wildman–Crippen MR) is 101 cm³/mol. The number of methoxy groups -OCH3 is 1. The van der Waals surface area contributed by atoms with Gasteiger partial charge in [0.05, 0.1) is 24.7 Å². The smallest absolute Gasteiger partial charge is 0.250 e. The Morgan fingerprint density at radius 3 is 2.88 bits per heavy atom. The van der Waals surface area contributed by atoms with Crippen LogP contribution in [-0.4, -0.2) is 49.4 Å². The molecule has 0 aliphatic carbocycles. The molecule has 0 bridgehead atoms. The lowest BCUT2D eigenvalue weighted by Crippen LogP contribution is -2.37. The van der Waals surface area contributed by atoms with Crippen LogP contribution in [0.25, 0.3) is 0 Å². The standard InChI is InChI=1S/C17H22N2O4S2/c1-4-11(2)16(20)18-17-19(12-6-5-7-13(8-12)23-3)14-9-25(21,22)10-15(14)24-17/h5-8,11,14-15H,4,9-10H2,1-3H3/t11-,14+,15-/m0/s1. The number of amides is 1. The monoisotopic (exact) mass is 382 g/mol. The highest BCUT2D eigenvalue weighted by Crippen LogP contribution is 2.41. The molecule has 1 aromatic carbocycles. The van der Waals surface area contributed by atoms with Gasteiger partial charge >= 0.3 is 0 Å². The average molecular weight is 383 g/mol. The zero-order valence-corrected chi connectivity index (χ0v) is 16.1. The van der Waals surface area contributed by atoms with Crippen LogP contribution < -0.4 is 9.64 Å². The molecule has 1 aromatic rings. The number of amidine groups is 1. The van der Waals surface area contributed by atoms with E-state index in [0.29, 0.717) is 10.9 Å². The van der Waals surface area contributed by atoms with E-state index in [-0.39, 0.29) is 34.6 Å².